The topological polar surface area (TPSA) is 158 Å². The Labute approximate surface area is 241 Å². The molecule has 2 heterocycles. The molecule has 1 aromatic carbocycles. The SMILES string of the molecule is N/C(=C\N(N)CC(F)CCn1ccc(NC(=O)Cc2ccccc2)c(F)c1=O)C(=O)NCc1ccc(OC(F)(F)F)cn1. The Morgan fingerprint density at radius 1 is 1.14 bits per heavy atom. The van der Waals surface area contributed by atoms with E-state index in [4.69, 9.17) is 11.6 Å². The number of anilines is 1. The highest BCUT2D eigenvalue weighted by atomic mass is 19.4. The van der Waals surface area contributed by atoms with Gasteiger partial charge in [0.05, 0.1) is 37.1 Å². The normalized spacial score (nSPS) is 12.4. The highest BCUT2D eigenvalue weighted by molar-refractivity contribution is 5.92. The molecule has 6 N–H and O–H groups in total. The van der Waals surface area contributed by atoms with Crippen LogP contribution in [0.3, 0.4) is 0 Å². The maximum absolute atomic E-state index is 14.6. The van der Waals surface area contributed by atoms with Crippen molar-refractivity contribution in [2.75, 3.05) is 11.9 Å². The number of hydrazine groups is 1. The molecule has 0 bridgehead atoms. The molecule has 2 aromatic heterocycles. The molecule has 0 fully saturated rings. The molecule has 230 valence electrons. The molecule has 1 atom stereocenters. The number of aryl methyl sites for hydroxylation is 1. The van der Waals surface area contributed by atoms with Crippen LogP contribution in [0.5, 0.6) is 5.75 Å². The van der Waals surface area contributed by atoms with E-state index >= 15 is 0 Å². The summed E-state index contributed by atoms with van der Waals surface area (Å²) >= 11 is 0. The average Bonchev–Trinajstić information content (AvgIpc) is 2.94. The molecule has 0 saturated heterocycles. The van der Waals surface area contributed by atoms with Crippen LogP contribution in [-0.4, -0.2) is 45.5 Å². The monoisotopic (exact) mass is 609 g/mol. The third-order valence-corrected chi connectivity index (χ3v) is 5.71. The van der Waals surface area contributed by atoms with Crippen molar-refractivity contribution >= 4 is 17.5 Å². The molecule has 0 spiro atoms. The van der Waals surface area contributed by atoms with Gasteiger partial charge in [-0.1, -0.05) is 30.3 Å². The van der Waals surface area contributed by atoms with E-state index in [0.717, 1.165) is 28.0 Å². The van der Waals surface area contributed by atoms with Gasteiger partial charge in [-0.05, 0) is 30.2 Å². The van der Waals surface area contributed by atoms with E-state index in [9.17, 15) is 36.3 Å². The van der Waals surface area contributed by atoms with Crippen molar-refractivity contribution in [3.63, 3.8) is 0 Å². The number of rotatable bonds is 13. The summed E-state index contributed by atoms with van der Waals surface area (Å²) in [5.74, 6) is 2.66. The fourth-order valence-corrected chi connectivity index (χ4v) is 3.67. The molecule has 0 radical (unpaired) electrons. The van der Waals surface area contributed by atoms with Gasteiger partial charge >= 0.3 is 6.36 Å². The number of benzene rings is 1. The smallest absolute Gasteiger partial charge is 0.404 e. The van der Waals surface area contributed by atoms with E-state index in [2.05, 4.69) is 20.4 Å². The number of nitrogens with two attached hydrogens (primary N) is 2. The molecule has 2 amide bonds. The summed E-state index contributed by atoms with van der Waals surface area (Å²) in [6, 6.07) is 12.2. The van der Waals surface area contributed by atoms with Crippen LogP contribution in [0.15, 0.2) is 77.6 Å². The second-order valence-electron chi connectivity index (χ2n) is 9.14. The number of ether oxygens (including phenoxy) is 1. The predicted molar refractivity (Wildman–Crippen MR) is 145 cm³/mol. The highest BCUT2D eigenvalue weighted by Crippen LogP contribution is 2.21. The van der Waals surface area contributed by atoms with Crippen LogP contribution in [0.1, 0.15) is 17.7 Å². The lowest BCUT2D eigenvalue weighted by Crippen LogP contribution is -2.36. The van der Waals surface area contributed by atoms with E-state index in [-0.39, 0.29) is 37.3 Å². The largest absolute Gasteiger partial charge is 0.573 e. The average molecular weight is 610 g/mol. The van der Waals surface area contributed by atoms with E-state index < -0.39 is 53.7 Å². The van der Waals surface area contributed by atoms with Gasteiger partial charge in [0.1, 0.15) is 17.6 Å². The van der Waals surface area contributed by atoms with Crippen LogP contribution in [0.2, 0.25) is 0 Å². The number of aromatic nitrogens is 2. The summed E-state index contributed by atoms with van der Waals surface area (Å²) in [5.41, 5.74) is 4.84. The minimum atomic E-state index is -4.87. The van der Waals surface area contributed by atoms with Gasteiger partial charge in [-0.25, -0.2) is 10.2 Å². The minimum absolute atomic E-state index is 0.0156. The molecule has 0 aliphatic carbocycles. The van der Waals surface area contributed by atoms with Gasteiger partial charge in [-0.2, -0.15) is 4.39 Å². The number of carbonyl (C=O) groups excluding carboxylic acids is 2. The summed E-state index contributed by atoms with van der Waals surface area (Å²) in [7, 11) is 0. The van der Waals surface area contributed by atoms with Crippen LogP contribution < -0.4 is 32.5 Å². The molecule has 3 aromatic rings. The molecule has 11 nitrogen and oxygen atoms in total. The van der Waals surface area contributed by atoms with Gasteiger partial charge in [0.15, 0.2) is 0 Å². The first-order chi connectivity index (χ1) is 20.3. The Morgan fingerprint density at radius 2 is 1.86 bits per heavy atom. The van der Waals surface area contributed by atoms with Crippen LogP contribution in [0.4, 0.5) is 27.6 Å². The maximum atomic E-state index is 14.6. The van der Waals surface area contributed by atoms with Crippen LogP contribution in [0.25, 0.3) is 0 Å². The summed E-state index contributed by atoms with van der Waals surface area (Å²) in [6.07, 6.45) is -3.71. The lowest BCUT2D eigenvalue weighted by molar-refractivity contribution is -0.274. The van der Waals surface area contributed by atoms with Crippen molar-refractivity contribution in [3.05, 3.63) is 100 Å². The fraction of sp³-hybridized carbons (Fsp3) is 0.259. The number of pyridine rings is 2. The number of halogens is 5. The third kappa shape index (κ3) is 10.7. The number of alkyl halides is 4. The van der Waals surface area contributed by atoms with Gasteiger partial charge in [0.25, 0.3) is 11.5 Å². The van der Waals surface area contributed by atoms with Gasteiger partial charge in [-0.3, -0.25) is 19.4 Å². The standard InChI is InChI=1S/C27H28F5N7O4/c28-18(8-10-38-11-9-22(24(29)26(38)42)37-23(40)12-17-4-2-1-3-5-17)15-39(34)16-21(33)25(41)36-13-19-6-7-20(14-35-19)43-27(30,31)32/h1-7,9,11,14,16,18H,8,10,12-13,15,33-34H2,(H,36,41)(H,37,40)/b21-16-. The first kappa shape index (κ1) is 32.5. The lowest BCUT2D eigenvalue weighted by Gasteiger charge is -2.18. The summed E-state index contributed by atoms with van der Waals surface area (Å²) in [4.78, 5) is 40.5. The summed E-state index contributed by atoms with van der Waals surface area (Å²) in [5, 5.41) is 5.54. The Balaban J connectivity index is 1.45. The first-order valence-corrected chi connectivity index (χ1v) is 12.6. The lowest BCUT2D eigenvalue weighted by atomic mass is 10.1. The van der Waals surface area contributed by atoms with Crippen molar-refractivity contribution in [3.8, 4) is 5.75 Å². The van der Waals surface area contributed by atoms with Crippen LogP contribution >= 0.6 is 0 Å². The number of nitrogens with one attached hydrogen (secondary N) is 2. The molecule has 1 unspecified atom stereocenters. The van der Waals surface area contributed by atoms with Crippen molar-refractivity contribution in [1.82, 2.24) is 19.9 Å². The van der Waals surface area contributed by atoms with Crippen molar-refractivity contribution in [1.29, 1.82) is 0 Å². The summed E-state index contributed by atoms with van der Waals surface area (Å²) < 4.78 is 70.4. The predicted octanol–water partition coefficient (Wildman–Crippen LogP) is 2.48. The molecule has 43 heavy (non-hydrogen) atoms. The maximum Gasteiger partial charge on any atom is 0.573 e. The number of hydrogen-bond donors (Lipinski definition) is 4. The Hall–Kier alpha value is -4.99. The Kier molecular flexibility index (Phi) is 11.2. The van der Waals surface area contributed by atoms with Gasteiger partial charge < -0.3 is 30.7 Å². The first-order valence-electron chi connectivity index (χ1n) is 12.6. The van der Waals surface area contributed by atoms with Crippen molar-refractivity contribution in [2.24, 2.45) is 11.6 Å². The molecule has 0 aliphatic rings. The number of nitrogens with zero attached hydrogens (tertiary/aromatic N) is 3. The second kappa shape index (κ2) is 14.8. The minimum Gasteiger partial charge on any atom is -0.404 e. The zero-order valence-corrected chi connectivity index (χ0v) is 22.5. The van der Waals surface area contributed by atoms with Crippen LogP contribution in [-0.2, 0) is 29.1 Å². The zero-order valence-electron chi connectivity index (χ0n) is 22.5. The second-order valence-corrected chi connectivity index (χ2v) is 9.14. The quantitative estimate of drug-likeness (QED) is 0.0997. The Bertz CT molecular complexity index is 1480. The van der Waals surface area contributed by atoms with Crippen molar-refractivity contribution < 1.29 is 36.3 Å². The molecular formula is C27H28F5N7O4. The van der Waals surface area contributed by atoms with Gasteiger partial charge in [0.2, 0.25) is 11.7 Å². The van der Waals surface area contributed by atoms with Crippen LogP contribution in [0, 0.1) is 5.82 Å². The highest BCUT2D eigenvalue weighted by Gasteiger charge is 2.31. The number of carbonyl (C=O) groups is 2. The number of hydrogen-bond acceptors (Lipinski definition) is 8. The van der Waals surface area contributed by atoms with Gasteiger partial charge in [0, 0.05) is 18.9 Å². The van der Waals surface area contributed by atoms with Crippen molar-refractivity contribution in [2.45, 2.75) is 38.5 Å². The van der Waals surface area contributed by atoms with E-state index in [1.165, 1.54) is 18.3 Å². The van der Waals surface area contributed by atoms with E-state index in [0.29, 0.717) is 5.56 Å². The number of amides is 2. The third-order valence-electron chi connectivity index (χ3n) is 5.71. The zero-order chi connectivity index (χ0) is 31.6. The molecule has 16 heteroatoms. The molecule has 3 rings (SSSR count). The molecule has 0 saturated carbocycles. The Morgan fingerprint density at radius 3 is 2.51 bits per heavy atom. The summed E-state index contributed by atoms with van der Waals surface area (Å²) in [6.45, 7) is -0.819. The van der Waals surface area contributed by atoms with E-state index in [1.54, 1.807) is 30.3 Å². The fourth-order valence-electron chi connectivity index (χ4n) is 3.67. The van der Waals surface area contributed by atoms with E-state index in [1.807, 2.05) is 0 Å². The molecule has 0 aliphatic heterocycles. The van der Waals surface area contributed by atoms with Gasteiger partial charge in [-0.15, -0.1) is 13.2 Å². The molecular weight excluding hydrogens is 581 g/mol.